The second kappa shape index (κ2) is 4.33. The van der Waals surface area contributed by atoms with Gasteiger partial charge in [0, 0.05) is 12.5 Å². The third kappa shape index (κ3) is 4.14. The number of aromatic hydroxyl groups is 1. The van der Waals surface area contributed by atoms with Gasteiger partial charge in [-0.05, 0) is 26.0 Å². The van der Waals surface area contributed by atoms with Crippen molar-refractivity contribution < 1.29 is 14.9 Å². The third-order valence-electron chi connectivity index (χ3n) is 1.80. The number of phenolic OH excluding ortho intramolecular Hbond substituents is 1. The Hall–Kier alpha value is -1.22. The first kappa shape index (κ1) is 10.9. The van der Waals surface area contributed by atoms with Crippen LogP contribution >= 0.6 is 0 Å². The number of hydrogen-bond donors (Lipinski definition) is 2. The highest BCUT2D eigenvalue weighted by Crippen LogP contribution is 2.18. The maximum Gasteiger partial charge on any atom is 0.122 e. The van der Waals surface area contributed by atoms with Crippen LogP contribution in [0.1, 0.15) is 20.3 Å². The van der Waals surface area contributed by atoms with E-state index < -0.39 is 5.60 Å². The van der Waals surface area contributed by atoms with E-state index in [1.165, 1.54) is 0 Å². The summed E-state index contributed by atoms with van der Waals surface area (Å²) in [4.78, 5) is 0. The zero-order chi connectivity index (χ0) is 10.6. The minimum atomic E-state index is -0.711. The molecule has 1 aromatic rings. The fourth-order valence-electron chi connectivity index (χ4n) is 0.992. The van der Waals surface area contributed by atoms with Crippen LogP contribution in [0.3, 0.4) is 0 Å². The second-order valence-electron chi connectivity index (χ2n) is 3.91. The Balaban J connectivity index is 2.39. The van der Waals surface area contributed by atoms with Crippen molar-refractivity contribution in [2.75, 3.05) is 6.61 Å². The van der Waals surface area contributed by atoms with Gasteiger partial charge in [-0.1, -0.05) is 6.07 Å². The predicted octanol–water partition coefficient (Wildman–Crippen LogP) is 1.93. The van der Waals surface area contributed by atoms with Crippen molar-refractivity contribution in [2.45, 2.75) is 25.9 Å². The van der Waals surface area contributed by atoms with Crippen LogP contribution in [-0.4, -0.2) is 22.4 Å². The molecule has 0 heterocycles. The molecule has 78 valence electrons. The van der Waals surface area contributed by atoms with Crippen molar-refractivity contribution in [1.29, 1.82) is 0 Å². The SMILES string of the molecule is CC(C)(O)CCOc1cccc(O)c1. The maximum atomic E-state index is 9.42. The molecule has 0 saturated heterocycles. The van der Waals surface area contributed by atoms with Gasteiger partial charge in [0.05, 0.1) is 12.2 Å². The highest BCUT2D eigenvalue weighted by atomic mass is 16.5. The van der Waals surface area contributed by atoms with Gasteiger partial charge >= 0.3 is 0 Å². The molecule has 0 amide bonds. The molecular weight excluding hydrogens is 180 g/mol. The van der Waals surface area contributed by atoms with Crippen LogP contribution in [0.25, 0.3) is 0 Å². The molecule has 0 aliphatic carbocycles. The first-order chi connectivity index (χ1) is 6.47. The molecule has 3 nitrogen and oxygen atoms in total. The average Bonchev–Trinajstić information content (AvgIpc) is 2.01. The summed E-state index contributed by atoms with van der Waals surface area (Å²) in [5.74, 6) is 0.806. The molecule has 0 atom stereocenters. The molecule has 2 N–H and O–H groups in total. The minimum absolute atomic E-state index is 0.186. The fraction of sp³-hybridized carbons (Fsp3) is 0.455. The molecule has 0 spiro atoms. The van der Waals surface area contributed by atoms with E-state index in [0.29, 0.717) is 18.8 Å². The quantitative estimate of drug-likeness (QED) is 0.773. The summed E-state index contributed by atoms with van der Waals surface area (Å²) in [6, 6.07) is 6.62. The van der Waals surface area contributed by atoms with Gasteiger partial charge in [-0.15, -0.1) is 0 Å². The van der Waals surface area contributed by atoms with Crippen molar-refractivity contribution >= 4 is 0 Å². The van der Waals surface area contributed by atoms with Crippen molar-refractivity contribution in [2.24, 2.45) is 0 Å². The van der Waals surface area contributed by atoms with Crippen molar-refractivity contribution in [3.8, 4) is 11.5 Å². The van der Waals surface area contributed by atoms with E-state index in [0.717, 1.165) is 0 Å². The lowest BCUT2D eigenvalue weighted by atomic mass is 10.1. The molecule has 0 unspecified atom stereocenters. The molecule has 0 aliphatic heterocycles. The number of aliphatic hydroxyl groups is 1. The molecule has 0 bridgehead atoms. The molecule has 0 aliphatic rings. The monoisotopic (exact) mass is 196 g/mol. The van der Waals surface area contributed by atoms with E-state index in [4.69, 9.17) is 9.84 Å². The third-order valence-corrected chi connectivity index (χ3v) is 1.80. The standard InChI is InChI=1S/C11H16O3/c1-11(2,13)6-7-14-10-5-3-4-9(12)8-10/h3-5,8,12-13H,6-7H2,1-2H3. The van der Waals surface area contributed by atoms with Gasteiger partial charge in [0.2, 0.25) is 0 Å². The molecular formula is C11H16O3. The lowest BCUT2D eigenvalue weighted by Crippen LogP contribution is -2.21. The van der Waals surface area contributed by atoms with Crippen molar-refractivity contribution in [3.05, 3.63) is 24.3 Å². The van der Waals surface area contributed by atoms with E-state index in [1.807, 2.05) is 0 Å². The molecule has 0 fully saturated rings. The predicted molar refractivity (Wildman–Crippen MR) is 54.5 cm³/mol. The zero-order valence-corrected chi connectivity index (χ0v) is 8.53. The van der Waals surface area contributed by atoms with E-state index in [2.05, 4.69) is 0 Å². The van der Waals surface area contributed by atoms with Gasteiger partial charge in [0.15, 0.2) is 0 Å². The first-order valence-electron chi connectivity index (χ1n) is 4.61. The topological polar surface area (TPSA) is 49.7 Å². The Morgan fingerprint density at radius 3 is 2.64 bits per heavy atom. The average molecular weight is 196 g/mol. The fourth-order valence-corrected chi connectivity index (χ4v) is 0.992. The molecule has 3 heteroatoms. The van der Waals surface area contributed by atoms with Crippen LogP contribution < -0.4 is 4.74 Å². The van der Waals surface area contributed by atoms with E-state index >= 15 is 0 Å². The summed E-state index contributed by atoms with van der Waals surface area (Å²) in [7, 11) is 0. The van der Waals surface area contributed by atoms with E-state index in [1.54, 1.807) is 38.1 Å². The van der Waals surface area contributed by atoms with Crippen LogP contribution in [0.15, 0.2) is 24.3 Å². The summed E-state index contributed by atoms with van der Waals surface area (Å²) >= 11 is 0. The second-order valence-corrected chi connectivity index (χ2v) is 3.91. The van der Waals surface area contributed by atoms with Crippen LogP contribution in [0.2, 0.25) is 0 Å². The van der Waals surface area contributed by atoms with Gasteiger partial charge in [0.25, 0.3) is 0 Å². The molecule has 1 aromatic carbocycles. The molecule has 1 rings (SSSR count). The van der Waals surface area contributed by atoms with Gasteiger partial charge < -0.3 is 14.9 Å². The van der Waals surface area contributed by atoms with Crippen LogP contribution in [0.5, 0.6) is 11.5 Å². The largest absolute Gasteiger partial charge is 0.508 e. The van der Waals surface area contributed by atoms with Gasteiger partial charge in [-0.3, -0.25) is 0 Å². The van der Waals surface area contributed by atoms with Crippen LogP contribution in [-0.2, 0) is 0 Å². The van der Waals surface area contributed by atoms with Crippen LogP contribution in [0.4, 0.5) is 0 Å². The summed E-state index contributed by atoms with van der Waals surface area (Å²) in [5, 5.41) is 18.6. The highest BCUT2D eigenvalue weighted by molar-refractivity contribution is 5.31. The summed E-state index contributed by atoms with van der Waals surface area (Å²) in [6.45, 7) is 3.91. The smallest absolute Gasteiger partial charge is 0.122 e. The summed E-state index contributed by atoms with van der Waals surface area (Å²) < 4.78 is 5.34. The summed E-state index contributed by atoms with van der Waals surface area (Å²) in [6.07, 6.45) is 0.558. The number of phenols is 1. The van der Waals surface area contributed by atoms with Gasteiger partial charge in [-0.25, -0.2) is 0 Å². The Morgan fingerprint density at radius 2 is 2.07 bits per heavy atom. The van der Waals surface area contributed by atoms with Crippen molar-refractivity contribution in [3.63, 3.8) is 0 Å². The molecule has 0 radical (unpaired) electrons. The Kier molecular flexibility index (Phi) is 3.36. The van der Waals surface area contributed by atoms with Gasteiger partial charge in [-0.2, -0.15) is 0 Å². The normalized spacial score (nSPS) is 11.4. The lowest BCUT2D eigenvalue weighted by Gasteiger charge is -2.16. The highest BCUT2D eigenvalue weighted by Gasteiger charge is 2.11. The Bertz CT molecular complexity index is 289. The zero-order valence-electron chi connectivity index (χ0n) is 8.53. The Labute approximate surface area is 84.0 Å². The number of rotatable bonds is 4. The maximum absolute atomic E-state index is 9.42. The number of ether oxygens (including phenoxy) is 1. The molecule has 0 aromatic heterocycles. The number of benzene rings is 1. The van der Waals surface area contributed by atoms with Crippen LogP contribution in [0, 0.1) is 0 Å². The Morgan fingerprint density at radius 1 is 1.36 bits per heavy atom. The van der Waals surface area contributed by atoms with E-state index in [-0.39, 0.29) is 5.75 Å². The molecule has 14 heavy (non-hydrogen) atoms. The lowest BCUT2D eigenvalue weighted by molar-refractivity contribution is 0.0553. The first-order valence-corrected chi connectivity index (χ1v) is 4.61. The minimum Gasteiger partial charge on any atom is -0.508 e. The number of hydrogen-bond acceptors (Lipinski definition) is 3. The van der Waals surface area contributed by atoms with E-state index in [9.17, 15) is 5.11 Å². The molecule has 0 saturated carbocycles. The summed E-state index contributed by atoms with van der Waals surface area (Å²) in [5.41, 5.74) is -0.711. The van der Waals surface area contributed by atoms with Crippen molar-refractivity contribution in [1.82, 2.24) is 0 Å². The van der Waals surface area contributed by atoms with Gasteiger partial charge in [0.1, 0.15) is 11.5 Å².